The zero-order valence-corrected chi connectivity index (χ0v) is 28.1. The molecule has 0 heterocycles. The fourth-order valence-corrected chi connectivity index (χ4v) is 11.5. The first-order chi connectivity index (χ1) is 20.8. The van der Waals surface area contributed by atoms with Crippen LogP contribution in [0.4, 0.5) is 0 Å². The van der Waals surface area contributed by atoms with Gasteiger partial charge in [-0.15, -0.1) is 0 Å². The molecule has 42 heavy (non-hydrogen) atoms. The largest absolute Gasteiger partial charge is 0.0817 e. The number of rotatable bonds is 8. The molecule has 6 fully saturated rings. The molecule has 0 amide bonds. The SMILES string of the molecule is CCC1CCC(C=C(C2CCCCC2)C2CCC(C3CCC(C=C(C4CCCCC4)C4CCCCC4)CC3)CC2)CC1. The molecular formula is C42H70. The molecule has 0 N–H and O–H groups in total. The van der Waals surface area contributed by atoms with E-state index in [0.29, 0.717) is 0 Å². The first-order valence-electron chi connectivity index (χ1n) is 20.2. The van der Waals surface area contributed by atoms with Crippen LogP contribution in [0.3, 0.4) is 0 Å². The van der Waals surface area contributed by atoms with Crippen LogP contribution >= 0.6 is 0 Å². The second-order valence-corrected chi connectivity index (χ2v) is 16.8. The second kappa shape index (κ2) is 16.2. The highest BCUT2D eigenvalue weighted by Gasteiger charge is 2.35. The van der Waals surface area contributed by atoms with Gasteiger partial charge in [-0.25, -0.2) is 0 Å². The highest BCUT2D eigenvalue weighted by Crippen LogP contribution is 2.48. The zero-order valence-electron chi connectivity index (χ0n) is 28.1. The predicted octanol–water partition coefficient (Wildman–Crippen LogP) is 13.4. The maximum absolute atomic E-state index is 2.94. The average molecular weight is 575 g/mol. The fourth-order valence-electron chi connectivity index (χ4n) is 11.5. The summed E-state index contributed by atoms with van der Waals surface area (Å²) in [5.41, 5.74) is 3.99. The summed E-state index contributed by atoms with van der Waals surface area (Å²) in [4.78, 5) is 0. The number of allylic oxidation sites excluding steroid dienone is 4. The molecular weight excluding hydrogens is 504 g/mol. The Morgan fingerprint density at radius 2 is 0.714 bits per heavy atom. The third-order valence-electron chi connectivity index (χ3n) is 14.3. The van der Waals surface area contributed by atoms with Crippen LogP contribution < -0.4 is 0 Å². The second-order valence-electron chi connectivity index (χ2n) is 16.8. The van der Waals surface area contributed by atoms with Gasteiger partial charge in [-0.1, -0.05) is 94.4 Å². The van der Waals surface area contributed by atoms with E-state index in [1.807, 2.05) is 11.1 Å². The van der Waals surface area contributed by atoms with E-state index in [9.17, 15) is 0 Å². The highest BCUT2D eigenvalue weighted by molar-refractivity contribution is 5.16. The molecule has 0 spiro atoms. The van der Waals surface area contributed by atoms with Crippen molar-refractivity contribution >= 4 is 0 Å². The third kappa shape index (κ3) is 8.39. The predicted molar refractivity (Wildman–Crippen MR) is 183 cm³/mol. The van der Waals surface area contributed by atoms with Gasteiger partial charge in [-0.05, 0) is 169 Å². The lowest BCUT2D eigenvalue weighted by atomic mass is 9.65. The highest BCUT2D eigenvalue weighted by atomic mass is 14.4. The van der Waals surface area contributed by atoms with Gasteiger partial charge in [0.1, 0.15) is 0 Å². The molecule has 6 saturated carbocycles. The van der Waals surface area contributed by atoms with Crippen molar-refractivity contribution in [3.63, 3.8) is 0 Å². The lowest BCUT2D eigenvalue weighted by molar-refractivity contribution is 0.158. The summed E-state index contributed by atoms with van der Waals surface area (Å²) in [6, 6.07) is 0. The van der Waals surface area contributed by atoms with Gasteiger partial charge in [0.2, 0.25) is 0 Å². The maximum atomic E-state index is 2.94. The minimum absolute atomic E-state index is 0.915. The van der Waals surface area contributed by atoms with Gasteiger partial charge in [0.05, 0.1) is 0 Å². The molecule has 238 valence electrons. The summed E-state index contributed by atoms with van der Waals surface area (Å²) in [6.07, 6.45) is 48.1. The van der Waals surface area contributed by atoms with Gasteiger partial charge >= 0.3 is 0 Å². The van der Waals surface area contributed by atoms with Crippen LogP contribution in [0.1, 0.15) is 187 Å². The third-order valence-corrected chi connectivity index (χ3v) is 14.3. The molecule has 0 heteroatoms. The summed E-state index contributed by atoms with van der Waals surface area (Å²) in [6.45, 7) is 2.42. The molecule has 0 radical (unpaired) electrons. The minimum atomic E-state index is 0.915. The van der Waals surface area contributed by atoms with Crippen molar-refractivity contribution in [1.29, 1.82) is 0 Å². The van der Waals surface area contributed by atoms with Crippen molar-refractivity contribution in [1.82, 2.24) is 0 Å². The van der Waals surface area contributed by atoms with Crippen LogP contribution in [0.25, 0.3) is 0 Å². The molecule has 6 aliphatic carbocycles. The lowest BCUT2D eigenvalue weighted by Crippen LogP contribution is -2.28. The summed E-state index contributed by atoms with van der Waals surface area (Å²) in [7, 11) is 0. The molecule has 0 aromatic rings. The van der Waals surface area contributed by atoms with Gasteiger partial charge in [0.15, 0.2) is 0 Å². The Morgan fingerprint density at radius 3 is 1.10 bits per heavy atom. The normalized spacial score (nSPS) is 36.9. The van der Waals surface area contributed by atoms with Crippen molar-refractivity contribution in [2.75, 3.05) is 0 Å². The van der Waals surface area contributed by atoms with Gasteiger partial charge in [0.25, 0.3) is 0 Å². The molecule has 0 unspecified atom stereocenters. The fraction of sp³-hybridized carbons (Fsp3) is 0.905. The van der Waals surface area contributed by atoms with Crippen LogP contribution in [-0.2, 0) is 0 Å². The van der Waals surface area contributed by atoms with E-state index >= 15 is 0 Å². The molecule has 0 bridgehead atoms. The van der Waals surface area contributed by atoms with Crippen LogP contribution in [-0.4, -0.2) is 0 Å². The Labute approximate surface area is 262 Å². The van der Waals surface area contributed by atoms with Gasteiger partial charge < -0.3 is 0 Å². The molecule has 0 aromatic carbocycles. The Morgan fingerprint density at radius 1 is 0.381 bits per heavy atom. The maximum Gasteiger partial charge on any atom is -0.0200 e. The van der Waals surface area contributed by atoms with Crippen LogP contribution in [0.2, 0.25) is 0 Å². The first kappa shape index (κ1) is 31.5. The molecule has 6 aliphatic rings. The van der Waals surface area contributed by atoms with E-state index in [4.69, 9.17) is 0 Å². The van der Waals surface area contributed by atoms with E-state index in [0.717, 1.165) is 53.3 Å². The number of hydrogen-bond acceptors (Lipinski definition) is 0. The van der Waals surface area contributed by atoms with Crippen molar-refractivity contribution in [3.8, 4) is 0 Å². The van der Waals surface area contributed by atoms with Crippen molar-refractivity contribution in [2.45, 2.75) is 187 Å². The van der Waals surface area contributed by atoms with E-state index in [1.165, 1.54) is 154 Å². The topological polar surface area (TPSA) is 0 Å². The summed E-state index contributed by atoms with van der Waals surface area (Å²) < 4.78 is 0. The van der Waals surface area contributed by atoms with Gasteiger partial charge in [-0.3, -0.25) is 0 Å². The smallest absolute Gasteiger partial charge is 0.0200 e. The van der Waals surface area contributed by atoms with Crippen molar-refractivity contribution in [2.24, 2.45) is 53.3 Å². The van der Waals surface area contributed by atoms with Crippen LogP contribution in [0, 0.1) is 53.3 Å². The lowest BCUT2D eigenvalue weighted by Gasteiger charge is -2.40. The minimum Gasteiger partial charge on any atom is -0.0817 e. The van der Waals surface area contributed by atoms with Crippen LogP contribution in [0.5, 0.6) is 0 Å². The first-order valence-corrected chi connectivity index (χ1v) is 20.2. The molecule has 0 atom stereocenters. The number of hydrogen-bond donors (Lipinski definition) is 0. The Balaban J connectivity index is 1.03. The molecule has 0 aliphatic heterocycles. The van der Waals surface area contributed by atoms with E-state index in [-0.39, 0.29) is 0 Å². The van der Waals surface area contributed by atoms with Crippen LogP contribution in [0.15, 0.2) is 23.3 Å². The average Bonchev–Trinajstić information content (AvgIpc) is 3.08. The van der Waals surface area contributed by atoms with Crippen molar-refractivity contribution < 1.29 is 0 Å². The van der Waals surface area contributed by atoms with E-state index in [1.54, 1.807) is 25.7 Å². The Hall–Kier alpha value is -0.520. The molecule has 0 aromatic heterocycles. The summed E-state index contributed by atoms with van der Waals surface area (Å²) >= 11 is 0. The van der Waals surface area contributed by atoms with Gasteiger partial charge in [0, 0.05) is 0 Å². The summed E-state index contributed by atoms with van der Waals surface area (Å²) in [5, 5.41) is 0. The van der Waals surface area contributed by atoms with Gasteiger partial charge in [-0.2, -0.15) is 0 Å². The molecule has 0 nitrogen and oxygen atoms in total. The Kier molecular flexibility index (Phi) is 12.1. The molecule has 6 rings (SSSR count). The standard InChI is InChI=1S/C42H70/c1-2-32-18-20-33(21-19-32)30-42(39-16-10-5-11-17-39)40-28-26-36(27-29-40)35-24-22-34(23-25-35)31-41(37-12-6-3-7-13-37)38-14-8-4-9-15-38/h30-40H,2-29H2,1H3. The monoisotopic (exact) mass is 575 g/mol. The zero-order chi connectivity index (χ0) is 28.6. The van der Waals surface area contributed by atoms with E-state index in [2.05, 4.69) is 19.1 Å². The van der Waals surface area contributed by atoms with E-state index < -0.39 is 0 Å². The summed E-state index contributed by atoms with van der Waals surface area (Å²) in [5.74, 6) is 8.78. The molecule has 0 saturated heterocycles. The quantitative estimate of drug-likeness (QED) is 0.253. The van der Waals surface area contributed by atoms with Crippen molar-refractivity contribution in [3.05, 3.63) is 23.3 Å². The Bertz CT molecular complexity index is 799.